The Kier molecular flexibility index (Phi) is 4.52. The fraction of sp³-hybridized carbons (Fsp3) is 0.455. The number of hydrogen-bond acceptors (Lipinski definition) is 2. The normalized spacial score (nSPS) is 12.4. The molecular formula is C11H16BrNO2S. The van der Waals surface area contributed by atoms with Gasteiger partial charge in [0, 0.05) is 18.1 Å². The molecule has 16 heavy (non-hydrogen) atoms. The SMILES string of the molecule is CC(C)S(=O)(=O)N(C)Cc1ccc(Br)cc1. The molecule has 0 N–H and O–H groups in total. The molecule has 0 unspecified atom stereocenters. The van der Waals surface area contributed by atoms with E-state index < -0.39 is 10.0 Å². The van der Waals surface area contributed by atoms with Gasteiger partial charge in [0.25, 0.3) is 0 Å². The van der Waals surface area contributed by atoms with Crippen LogP contribution in [-0.4, -0.2) is 25.0 Å². The molecule has 0 atom stereocenters. The van der Waals surface area contributed by atoms with E-state index in [0.717, 1.165) is 10.0 Å². The number of nitrogens with zero attached hydrogens (tertiary/aromatic N) is 1. The predicted octanol–water partition coefficient (Wildman–Crippen LogP) is 2.62. The highest BCUT2D eigenvalue weighted by molar-refractivity contribution is 9.10. The van der Waals surface area contributed by atoms with Crippen molar-refractivity contribution in [3.05, 3.63) is 34.3 Å². The summed E-state index contributed by atoms with van der Waals surface area (Å²) in [5.41, 5.74) is 0.981. The van der Waals surface area contributed by atoms with Gasteiger partial charge in [0.05, 0.1) is 5.25 Å². The average molecular weight is 306 g/mol. The smallest absolute Gasteiger partial charge is 0.212 e. The number of rotatable bonds is 4. The van der Waals surface area contributed by atoms with Gasteiger partial charge in [-0.15, -0.1) is 0 Å². The summed E-state index contributed by atoms with van der Waals surface area (Å²) in [6, 6.07) is 7.64. The van der Waals surface area contributed by atoms with Crippen LogP contribution >= 0.6 is 15.9 Å². The monoisotopic (exact) mass is 305 g/mol. The Morgan fingerprint density at radius 1 is 1.25 bits per heavy atom. The molecule has 3 nitrogen and oxygen atoms in total. The first-order chi connectivity index (χ1) is 7.34. The lowest BCUT2D eigenvalue weighted by molar-refractivity contribution is 0.459. The van der Waals surface area contributed by atoms with Crippen molar-refractivity contribution in [3.8, 4) is 0 Å². The van der Waals surface area contributed by atoms with Crippen LogP contribution in [0.25, 0.3) is 0 Å². The maximum Gasteiger partial charge on any atom is 0.216 e. The third kappa shape index (κ3) is 3.30. The minimum atomic E-state index is -3.16. The van der Waals surface area contributed by atoms with E-state index in [9.17, 15) is 8.42 Å². The van der Waals surface area contributed by atoms with E-state index in [1.165, 1.54) is 4.31 Å². The summed E-state index contributed by atoms with van der Waals surface area (Å²) in [5, 5.41) is -0.382. The van der Waals surface area contributed by atoms with E-state index in [0.29, 0.717) is 6.54 Å². The van der Waals surface area contributed by atoms with E-state index in [4.69, 9.17) is 0 Å². The number of hydrogen-bond donors (Lipinski definition) is 0. The Morgan fingerprint density at radius 2 is 1.75 bits per heavy atom. The van der Waals surface area contributed by atoms with Crippen LogP contribution in [0.1, 0.15) is 19.4 Å². The van der Waals surface area contributed by atoms with Gasteiger partial charge in [-0.3, -0.25) is 0 Å². The Bertz CT molecular complexity index is 440. The summed E-state index contributed by atoms with van der Waals surface area (Å²) >= 11 is 3.34. The van der Waals surface area contributed by atoms with Crippen LogP contribution in [0.15, 0.2) is 28.7 Å². The van der Waals surface area contributed by atoms with Crippen LogP contribution in [0, 0.1) is 0 Å². The first-order valence-corrected chi connectivity index (χ1v) is 7.33. The Labute approximate surface area is 106 Å². The number of halogens is 1. The Morgan fingerprint density at radius 3 is 2.19 bits per heavy atom. The van der Waals surface area contributed by atoms with Crippen molar-refractivity contribution in [2.75, 3.05) is 7.05 Å². The van der Waals surface area contributed by atoms with Gasteiger partial charge in [-0.1, -0.05) is 28.1 Å². The highest BCUT2D eigenvalue weighted by Crippen LogP contribution is 2.14. The van der Waals surface area contributed by atoms with Crippen molar-refractivity contribution in [2.45, 2.75) is 25.6 Å². The zero-order valence-corrected chi connectivity index (χ0v) is 12.0. The second-order valence-corrected chi connectivity index (χ2v) is 7.49. The van der Waals surface area contributed by atoms with Crippen LogP contribution in [0.3, 0.4) is 0 Å². The summed E-state index contributed by atoms with van der Waals surface area (Å²) in [4.78, 5) is 0. The molecule has 0 amide bonds. The molecule has 0 radical (unpaired) electrons. The summed E-state index contributed by atoms with van der Waals surface area (Å²) < 4.78 is 26.0. The van der Waals surface area contributed by atoms with Crippen LogP contribution in [0.4, 0.5) is 0 Å². The van der Waals surface area contributed by atoms with Crippen molar-refractivity contribution >= 4 is 26.0 Å². The van der Waals surface area contributed by atoms with Gasteiger partial charge in [-0.2, -0.15) is 0 Å². The highest BCUT2D eigenvalue weighted by Gasteiger charge is 2.21. The van der Waals surface area contributed by atoms with Crippen molar-refractivity contribution < 1.29 is 8.42 Å². The molecule has 0 fully saturated rings. The van der Waals surface area contributed by atoms with Gasteiger partial charge in [0.15, 0.2) is 0 Å². The van der Waals surface area contributed by atoms with Gasteiger partial charge in [-0.25, -0.2) is 12.7 Å². The molecule has 0 bridgehead atoms. The molecule has 90 valence electrons. The minimum Gasteiger partial charge on any atom is -0.212 e. The molecule has 0 saturated carbocycles. The number of benzene rings is 1. The van der Waals surface area contributed by atoms with Gasteiger partial charge in [0.1, 0.15) is 0 Å². The molecule has 0 spiro atoms. The average Bonchev–Trinajstić information content (AvgIpc) is 2.21. The minimum absolute atomic E-state index is 0.382. The van der Waals surface area contributed by atoms with Crippen molar-refractivity contribution in [1.29, 1.82) is 0 Å². The lowest BCUT2D eigenvalue weighted by Crippen LogP contribution is -2.32. The van der Waals surface area contributed by atoms with Crippen LogP contribution in [0.2, 0.25) is 0 Å². The van der Waals surface area contributed by atoms with E-state index in [2.05, 4.69) is 15.9 Å². The molecule has 0 aliphatic heterocycles. The molecule has 0 heterocycles. The van der Waals surface area contributed by atoms with Gasteiger partial charge >= 0.3 is 0 Å². The van der Waals surface area contributed by atoms with Crippen molar-refractivity contribution in [3.63, 3.8) is 0 Å². The van der Waals surface area contributed by atoms with Crippen molar-refractivity contribution in [1.82, 2.24) is 4.31 Å². The standard InChI is InChI=1S/C11H16BrNO2S/c1-9(2)16(14,15)13(3)8-10-4-6-11(12)7-5-10/h4-7,9H,8H2,1-3H3. The molecule has 5 heteroatoms. The Hall–Kier alpha value is -0.390. The molecule has 0 aliphatic carbocycles. The van der Waals surface area contributed by atoms with E-state index >= 15 is 0 Å². The molecule has 1 aromatic rings. The largest absolute Gasteiger partial charge is 0.216 e. The maximum absolute atomic E-state index is 11.8. The zero-order valence-electron chi connectivity index (χ0n) is 9.64. The topological polar surface area (TPSA) is 37.4 Å². The van der Waals surface area contributed by atoms with Crippen molar-refractivity contribution in [2.24, 2.45) is 0 Å². The second-order valence-electron chi connectivity index (χ2n) is 3.98. The van der Waals surface area contributed by atoms with Gasteiger partial charge in [0.2, 0.25) is 10.0 Å². The fourth-order valence-corrected chi connectivity index (χ4v) is 2.61. The fourth-order valence-electron chi connectivity index (χ4n) is 1.30. The quantitative estimate of drug-likeness (QED) is 0.857. The summed E-state index contributed by atoms with van der Waals surface area (Å²) in [7, 11) is -1.56. The van der Waals surface area contributed by atoms with Gasteiger partial charge < -0.3 is 0 Å². The maximum atomic E-state index is 11.8. The first kappa shape index (κ1) is 13.7. The van der Waals surface area contributed by atoms with Crippen LogP contribution < -0.4 is 0 Å². The predicted molar refractivity (Wildman–Crippen MR) is 69.7 cm³/mol. The third-order valence-electron chi connectivity index (χ3n) is 2.35. The molecular weight excluding hydrogens is 290 g/mol. The summed E-state index contributed by atoms with van der Waals surface area (Å²) in [6.07, 6.45) is 0. The van der Waals surface area contributed by atoms with Crippen LogP contribution in [0.5, 0.6) is 0 Å². The first-order valence-electron chi connectivity index (χ1n) is 5.03. The molecule has 0 saturated heterocycles. The second kappa shape index (κ2) is 5.29. The molecule has 1 rings (SSSR count). The molecule has 0 aromatic heterocycles. The lowest BCUT2D eigenvalue weighted by Gasteiger charge is -2.19. The van der Waals surface area contributed by atoms with Gasteiger partial charge in [-0.05, 0) is 31.5 Å². The van der Waals surface area contributed by atoms with E-state index in [1.54, 1.807) is 20.9 Å². The van der Waals surface area contributed by atoms with E-state index in [1.807, 2.05) is 24.3 Å². The molecule has 0 aliphatic rings. The third-order valence-corrected chi connectivity index (χ3v) is 5.07. The Balaban J connectivity index is 2.79. The van der Waals surface area contributed by atoms with E-state index in [-0.39, 0.29) is 5.25 Å². The molecule has 1 aromatic carbocycles. The summed E-state index contributed by atoms with van der Waals surface area (Å²) in [6.45, 7) is 3.79. The zero-order chi connectivity index (χ0) is 12.3. The summed E-state index contributed by atoms with van der Waals surface area (Å²) in [5.74, 6) is 0. The van der Waals surface area contributed by atoms with Crippen LogP contribution in [-0.2, 0) is 16.6 Å². The lowest BCUT2D eigenvalue weighted by atomic mass is 10.2. The number of sulfonamides is 1. The highest BCUT2D eigenvalue weighted by atomic mass is 79.9.